The monoisotopic (exact) mass is 274 g/mol. The number of nitriles is 1. The van der Waals surface area contributed by atoms with Crippen molar-refractivity contribution in [3.63, 3.8) is 0 Å². The number of nitrogens with zero attached hydrogens (tertiary/aromatic N) is 1. The van der Waals surface area contributed by atoms with Crippen LogP contribution in [0.25, 0.3) is 0 Å². The summed E-state index contributed by atoms with van der Waals surface area (Å²) in [4.78, 5) is 0. The SMILES string of the molecule is C/C(=C/Cl)CNc1ccc(C(F)(F)F)cc1C#N. The summed E-state index contributed by atoms with van der Waals surface area (Å²) in [5.74, 6) is 0. The van der Waals surface area contributed by atoms with Crippen LogP contribution < -0.4 is 5.32 Å². The topological polar surface area (TPSA) is 35.8 Å². The molecule has 0 bridgehead atoms. The second-order valence-electron chi connectivity index (χ2n) is 3.68. The first-order valence-corrected chi connectivity index (χ1v) is 5.43. The van der Waals surface area contributed by atoms with Gasteiger partial charge in [0.05, 0.1) is 16.8 Å². The molecule has 0 amide bonds. The van der Waals surface area contributed by atoms with E-state index in [9.17, 15) is 13.2 Å². The first kappa shape index (κ1) is 14.4. The summed E-state index contributed by atoms with van der Waals surface area (Å²) in [7, 11) is 0. The molecule has 0 heterocycles. The maximum atomic E-state index is 12.4. The quantitative estimate of drug-likeness (QED) is 0.899. The third-order valence-electron chi connectivity index (χ3n) is 2.21. The minimum Gasteiger partial charge on any atom is -0.380 e. The van der Waals surface area contributed by atoms with Crippen LogP contribution in [0.3, 0.4) is 0 Å². The van der Waals surface area contributed by atoms with Crippen LogP contribution >= 0.6 is 11.6 Å². The van der Waals surface area contributed by atoms with Gasteiger partial charge in [-0.3, -0.25) is 0 Å². The van der Waals surface area contributed by atoms with Crippen molar-refractivity contribution in [2.24, 2.45) is 0 Å². The van der Waals surface area contributed by atoms with E-state index in [2.05, 4.69) is 5.32 Å². The van der Waals surface area contributed by atoms with E-state index >= 15 is 0 Å². The summed E-state index contributed by atoms with van der Waals surface area (Å²) in [6.07, 6.45) is -4.45. The molecule has 96 valence electrons. The number of benzene rings is 1. The summed E-state index contributed by atoms with van der Waals surface area (Å²) in [5, 5.41) is 11.7. The highest BCUT2D eigenvalue weighted by Gasteiger charge is 2.30. The first-order chi connectivity index (χ1) is 8.38. The van der Waals surface area contributed by atoms with Crippen molar-refractivity contribution in [2.45, 2.75) is 13.1 Å². The van der Waals surface area contributed by atoms with Gasteiger partial charge in [-0.2, -0.15) is 18.4 Å². The molecule has 0 saturated carbocycles. The fourth-order valence-electron chi connectivity index (χ4n) is 1.24. The lowest BCUT2D eigenvalue weighted by molar-refractivity contribution is -0.137. The van der Waals surface area contributed by atoms with Gasteiger partial charge in [-0.15, -0.1) is 0 Å². The van der Waals surface area contributed by atoms with Crippen LogP contribution in [0.1, 0.15) is 18.1 Å². The zero-order valence-corrected chi connectivity index (χ0v) is 10.2. The lowest BCUT2D eigenvalue weighted by Crippen LogP contribution is -2.08. The van der Waals surface area contributed by atoms with Gasteiger partial charge in [-0.25, -0.2) is 0 Å². The van der Waals surface area contributed by atoms with E-state index in [4.69, 9.17) is 16.9 Å². The van der Waals surface area contributed by atoms with E-state index in [-0.39, 0.29) is 5.56 Å². The molecule has 18 heavy (non-hydrogen) atoms. The summed E-state index contributed by atoms with van der Waals surface area (Å²) in [6, 6.07) is 4.73. The maximum absolute atomic E-state index is 12.4. The summed E-state index contributed by atoms with van der Waals surface area (Å²) < 4.78 is 37.3. The Balaban J connectivity index is 2.99. The minimum absolute atomic E-state index is 0.0489. The largest absolute Gasteiger partial charge is 0.416 e. The summed E-state index contributed by atoms with van der Waals surface area (Å²) in [5.41, 5.74) is 1.63. The Hall–Kier alpha value is -1.67. The van der Waals surface area contributed by atoms with Crippen molar-refractivity contribution >= 4 is 17.3 Å². The smallest absolute Gasteiger partial charge is 0.380 e. The molecule has 0 fully saturated rings. The third kappa shape index (κ3) is 3.67. The Morgan fingerprint density at radius 3 is 2.67 bits per heavy atom. The Morgan fingerprint density at radius 2 is 2.17 bits per heavy atom. The molecule has 0 saturated heterocycles. The number of anilines is 1. The second-order valence-corrected chi connectivity index (χ2v) is 3.90. The molecule has 0 aliphatic rings. The predicted molar refractivity (Wildman–Crippen MR) is 64.3 cm³/mol. The number of alkyl halides is 3. The van der Waals surface area contributed by atoms with Crippen LogP contribution in [-0.2, 0) is 6.18 Å². The van der Waals surface area contributed by atoms with Gasteiger partial charge in [-0.1, -0.05) is 11.6 Å². The summed E-state index contributed by atoms with van der Waals surface area (Å²) in [6.45, 7) is 2.12. The fraction of sp³-hybridized carbons (Fsp3) is 0.250. The van der Waals surface area contributed by atoms with Crippen LogP contribution in [0.4, 0.5) is 18.9 Å². The van der Waals surface area contributed by atoms with E-state index in [1.165, 1.54) is 11.6 Å². The molecule has 0 aliphatic heterocycles. The standard InChI is InChI=1S/C12H10ClF3N2/c1-8(5-13)7-18-11-3-2-10(12(14,15)16)4-9(11)6-17/h2-5,18H,7H2,1H3/b8-5-. The molecular weight excluding hydrogens is 265 g/mol. The van der Waals surface area contributed by atoms with E-state index in [1.54, 1.807) is 13.0 Å². The van der Waals surface area contributed by atoms with Crippen molar-refractivity contribution < 1.29 is 13.2 Å². The minimum atomic E-state index is -4.45. The van der Waals surface area contributed by atoms with Gasteiger partial charge in [0.2, 0.25) is 0 Å². The number of hydrogen-bond donors (Lipinski definition) is 1. The van der Waals surface area contributed by atoms with Crippen LogP contribution in [0.5, 0.6) is 0 Å². The van der Waals surface area contributed by atoms with Gasteiger partial charge in [0.1, 0.15) is 6.07 Å². The highest BCUT2D eigenvalue weighted by Crippen LogP contribution is 2.31. The molecule has 1 N–H and O–H groups in total. The first-order valence-electron chi connectivity index (χ1n) is 4.99. The number of hydrogen-bond acceptors (Lipinski definition) is 2. The van der Waals surface area contributed by atoms with Gasteiger partial charge in [-0.05, 0) is 30.7 Å². The maximum Gasteiger partial charge on any atom is 0.416 e. The number of halogens is 4. The summed E-state index contributed by atoms with van der Waals surface area (Å²) >= 11 is 5.46. The fourth-order valence-corrected chi connectivity index (χ4v) is 1.32. The molecule has 1 aromatic rings. The molecule has 0 radical (unpaired) electrons. The zero-order valence-electron chi connectivity index (χ0n) is 9.48. The van der Waals surface area contributed by atoms with Crippen LogP contribution in [0.15, 0.2) is 29.3 Å². The average molecular weight is 275 g/mol. The lowest BCUT2D eigenvalue weighted by atomic mass is 10.1. The molecule has 1 aromatic carbocycles. The number of rotatable bonds is 3. The van der Waals surface area contributed by atoms with Gasteiger partial charge >= 0.3 is 6.18 Å². The van der Waals surface area contributed by atoms with Crippen LogP contribution in [-0.4, -0.2) is 6.54 Å². The van der Waals surface area contributed by atoms with E-state index in [1.807, 2.05) is 0 Å². The van der Waals surface area contributed by atoms with Crippen molar-refractivity contribution in [3.8, 4) is 6.07 Å². The van der Waals surface area contributed by atoms with E-state index in [0.717, 1.165) is 17.7 Å². The Kier molecular flexibility index (Phi) is 4.62. The molecule has 0 atom stereocenters. The van der Waals surface area contributed by atoms with Crippen molar-refractivity contribution in [2.75, 3.05) is 11.9 Å². The molecule has 0 spiro atoms. The van der Waals surface area contributed by atoms with Crippen LogP contribution in [0.2, 0.25) is 0 Å². The normalized spacial score (nSPS) is 12.1. The van der Waals surface area contributed by atoms with Gasteiger partial charge in [0, 0.05) is 12.1 Å². The van der Waals surface area contributed by atoms with E-state index < -0.39 is 11.7 Å². The molecule has 1 rings (SSSR count). The van der Waals surface area contributed by atoms with E-state index in [0.29, 0.717) is 12.2 Å². The molecular formula is C12H10ClF3N2. The third-order valence-corrected chi connectivity index (χ3v) is 2.58. The van der Waals surface area contributed by atoms with Gasteiger partial charge in [0.15, 0.2) is 0 Å². The average Bonchev–Trinajstić information content (AvgIpc) is 2.34. The van der Waals surface area contributed by atoms with Crippen LogP contribution in [0, 0.1) is 11.3 Å². The highest BCUT2D eigenvalue weighted by molar-refractivity contribution is 6.25. The van der Waals surface area contributed by atoms with Gasteiger partial charge in [0.25, 0.3) is 0 Å². The lowest BCUT2D eigenvalue weighted by Gasteiger charge is -2.11. The number of nitrogens with one attached hydrogen (secondary N) is 1. The zero-order chi connectivity index (χ0) is 13.8. The molecule has 0 aromatic heterocycles. The highest BCUT2D eigenvalue weighted by atomic mass is 35.5. The molecule has 2 nitrogen and oxygen atoms in total. The van der Waals surface area contributed by atoms with Crippen molar-refractivity contribution in [1.82, 2.24) is 0 Å². The van der Waals surface area contributed by atoms with Gasteiger partial charge < -0.3 is 5.32 Å². The van der Waals surface area contributed by atoms with Crippen molar-refractivity contribution in [1.29, 1.82) is 5.26 Å². The molecule has 6 heteroatoms. The molecule has 0 unspecified atom stereocenters. The Bertz CT molecular complexity index is 501. The second kappa shape index (κ2) is 5.78. The predicted octanol–water partition coefficient (Wildman–Crippen LogP) is 4.13. The molecule has 0 aliphatic carbocycles. The Morgan fingerprint density at radius 1 is 1.50 bits per heavy atom. The Labute approximate surface area is 108 Å². The van der Waals surface area contributed by atoms with Crippen molar-refractivity contribution in [3.05, 3.63) is 40.4 Å².